The Kier molecular flexibility index (Phi) is 6.63. The third-order valence-corrected chi connectivity index (χ3v) is 5.45. The Morgan fingerprint density at radius 3 is 2.88 bits per heavy atom. The van der Waals surface area contributed by atoms with Gasteiger partial charge in [0.2, 0.25) is 0 Å². The van der Waals surface area contributed by atoms with Crippen molar-refractivity contribution in [1.82, 2.24) is 9.88 Å². The van der Waals surface area contributed by atoms with Crippen molar-refractivity contribution in [2.75, 3.05) is 12.4 Å². The number of carbonyl (C=O) groups is 1. The average molecular weight is 374 g/mol. The van der Waals surface area contributed by atoms with Gasteiger partial charge in [0.1, 0.15) is 0 Å². The molecule has 1 aliphatic carbocycles. The number of urea groups is 1. The Bertz CT molecular complexity index is 725. The number of nitrogens with one attached hydrogen (secondary N) is 1. The molecule has 1 aliphatic rings. The Hall–Kier alpha value is -1.92. The smallest absolute Gasteiger partial charge is 0.321 e. The van der Waals surface area contributed by atoms with Gasteiger partial charge < -0.3 is 15.0 Å². The third kappa shape index (κ3) is 5.54. The number of anilines is 1. The summed E-state index contributed by atoms with van der Waals surface area (Å²) in [6.45, 7) is 3.07. The number of aromatic nitrogens is 1. The summed E-state index contributed by atoms with van der Waals surface area (Å²) in [6.07, 6.45) is 6.58. The Labute approximate surface area is 159 Å². The highest BCUT2D eigenvalue weighted by molar-refractivity contribution is 7.09. The second-order valence-corrected chi connectivity index (χ2v) is 7.98. The van der Waals surface area contributed by atoms with Gasteiger partial charge >= 0.3 is 6.03 Å². The van der Waals surface area contributed by atoms with Crippen LogP contribution in [0, 0.1) is 6.92 Å². The molecule has 0 aliphatic heterocycles. The number of ether oxygens (including phenoxy) is 1. The van der Waals surface area contributed by atoms with Crippen LogP contribution in [0.15, 0.2) is 29.6 Å². The number of hydrogen-bond donors (Lipinski definition) is 1. The van der Waals surface area contributed by atoms with Crippen molar-refractivity contribution in [2.24, 2.45) is 0 Å². The molecule has 5 nitrogen and oxygen atoms in total. The molecule has 1 aromatic heterocycles. The van der Waals surface area contributed by atoms with Gasteiger partial charge in [0, 0.05) is 18.1 Å². The summed E-state index contributed by atoms with van der Waals surface area (Å²) in [5.41, 5.74) is 2.80. The first-order valence-electron chi connectivity index (χ1n) is 9.24. The highest BCUT2D eigenvalue weighted by Crippen LogP contribution is 2.22. The van der Waals surface area contributed by atoms with Gasteiger partial charge in [0.15, 0.2) is 0 Å². The van der Waals surface area contributed by atoms with Gasteiger partial charge in [0.25, 0.3) is 0 Å². The van der Waals surface area contributed by atoms with Gasteiger partial charge in [-0.3, -0.25) is 0 Å². The summed E-state index contributed by atoms with van der Waals surface area (Å²) >= 11 is 1.60. The predicted octanol–water partition coefficient (Wildman–Crippen LogP) is 4.96. The van der Waals surface area contributed by atoms with Crippen molar-refractivity contribution in [3.05, 3.63) is 45.9 Å². The molecule has 0 atom stereocenters. The first-order chi connectivity index (χ1) is 12.6. The van der Waals surface area contributed by atoms with Crippen LogP contribution in [0.5, 0.6) is 0 Å². The van der Waals surface area contributed by atoms with Gasteiger partial charge in [-0.1, -0.05) is 31.4 Å². The number of benzene rings is 1. The summed E-state index contributed by atoms with van der Waals surface area (Å²) in [5, 5.41) is 5.96. The number of hydrogen-bond acceptors (Lipinski definition) is 4. The van der Waals surface area contributed by atoms with E-state index in [9.17, 15) is 4.79 Å². The number of thiazole rings is 1. The first kappa shape index (κ1) is 18.9. The van der Waals surface area contributed by atoms with Crippen LogP contribution in [-0.2, 0) is 17.9 Å². The number of nitrogens with zero attached hydrogens (tertiary/aromatic N) is 2. The topological polar surface area (TPSA) is 54.5 Å². The Balaban J connectivity index is 1.51. The molecule has 2 aromatic rings. The molecular formula is C20H27N3O2S. The molecular weight excluding hydrogens is 346 g/mol. The Morgan fingerprint density at radius 1 is 1.35 bits per heavy atom. The molecule has 0 spiro atoms. The molecule has 1 aromatic carbocycles. The van der Waals surface area contributed by atoms with E-state index in [1.54, 1.807) is 23.3 Å². The van der Waals surface area contributed by atoms with Crippen LogP contribution < -0.4 is 5.32 Å². The van der Waals surface area contributed by atoms with Crippen LogP contribution in [0.2, 0.25) is 0 Å². The molecule has 0 bridgehead atoms. The molecule has 0 radical (unpaired) electrons. The van der Waals surface area contributed by atoms with E-state index in [-0.39, 0.29) is 6.03 Å². The van der Waals surface area contributed by atoms with Crippen molar-refractivity contribution in [2.45, 2.75) is 58.3 Å². The summed E-state index contributed by atoms with van der Waals surface area (Å²) in [6, 6.07) is 7.75. The maximum atomic E-state index is 12.4. The molecule has 1 N–H and O–H groups in total. The largest absolute Gasteiger partial charge is 0.374 e. The van der Waals surface area contributed by atoms with Gasteiger partial charge in [-0.25, -0.2) is 9.78 Å². The maximum Gasteiger partial charge on any atom is 0.321 e. The fourth-order valence-corrected chi connectivity index (χ4v) is 3.80. The Morgan fingerprint density at radius 2 is 2.15 bits per heavy atom. The highest BCUT2D eigenvalue weighted by Gasteiger charge is 2.14. The number of carbonyl (C=O) groups excluding carboxylic acids is 1. The molecule has 26 heavy (non-hydrogen) atoms. The van der Waals surface area contributed by atoms with Crippen LogP contribution in [-0.4, -0.2) is 29.1 Å². The van der Waals surface area contributed by atoms with E-state index >= 15 is 0 Å². The van der Waals surface area contributed by atoms with Gasteiger partial charge in [-0.2, -0.15) is 0 Å². The van der Waals surface area contributed by atoms with Crippen LogP contribution in [0.25, 0.3) is 0 Å². The molecule has 0 unspecified atom stereocenters. The highest BCUT2D eigenvalue weighted by atomic mass is 32.1. The lowest BCUT2D eigenvalue weighted by Crippen LogP contribution is -2.31. The number of aryl methyl sites for hydroxylation is 1. The monoisotopic (exact) mass is 373 g/mol. The van der Waals surface area contributed by atoms with E-state index in [2.05, 4.69) is 10.3 Å². The summed E-state index contributed by atoms with van der Waals surface area (Å²) < 4.78 is 6.03. The van der Waals surface area contributed by atoms with E-state index in [1.807, 2.05) is 36.6 Å². The van der Waals surface area contributed by atoms with Crippen molar-refractivity contribution in [3.63, 3.8) is 0 Å². The van der Waals surface area contributed by atoms with E-state index < -0.39 is 0 Å². The average Bonchev–Trinajstić information content (AvgIpc) is 3.06. The van der Waals surface area contributed by atoms with E-state index in [0.717, 1.165) is 34.8 Å². The maximum absolute atomic E-state index is 12.4. The number of amides is 2. The van der Waals surface area contributed by atoms with E-state index in [4.69, 9.17) is 4.74 Å². The van der Waals surface area contributed by atoms with Gasteiger partial charge in [0.05, 0.1) is 30.0 Å². The van der Waals surface area contributed by atoms with Crippen LogP contribution in [0.3, 0.4) is 0 Å². The normalized spacial score (nSPS) is 15.0. The van der Waals surface area contributed by atoms with Crippen molar-refractivity contribution >= 4 is 23.1 Å². The van der Waals surface area contributed by atoms with E-state index in [0.29, 0.717) is 19.3 Å². The van der Waals surface area contributed by atoms with Crippen LogP contribution >= 0.6 is 11.3 Å². The minimum absolute atomic E-state index is 0.138. The SMILES string of the molecule is Cc1nc(CN(C)C(=O)Nc2cccc(COC3CCCCC3)c2)cs1. The first-order valence-corrected chi connectivity index (χ1v) is 10.1. The predicted molar refractivity (Wildman–Crippen MR) is 105 cm³/mol. The quantitative estimate of drug-likeness (QED) is 0.778. The second-order valence-electron chi connectivity index (χ2n) is 6.92. The minimum atomic E-state index is -0.138. The van der Waals surface area contributed by atoms with Crippen molar-refractivity contribution in [3.8, 4) is 0 Å². The molecule has 140 valence electrons. The minimum Gasteiger partial charge on any atom is -0.374 e. The number of rotatable bonds is 6. The molecule has 1 heterocycles. The summed E-state index contributed by atoms with van der Waals surface area (Å²) in [4.78, 5) is 18.4. The van der Waals surface area contributed by atoms with Crippen molar-refractivity contribution in [1.29, 1.82) is 0 Å². The van der Waals surface area contributed by atoms with Gasteiger partial charge in [-0.15, -0.1) is 11.3 Å². The zero-order chi connectivity index (χ0) is 18.4. The molecule has 2 amide bonds. The van der Waals surface area contributed by atoms with Crippen molar-refractivity contribution < 1.29 is 9.53 Å². The van der Waals surface area contributed by atoms with Crippen LogP contribution in [0.1, 0.15) is 48.4 Å². The lowest BCUT2D eigenvalue weighted by Gasteiger charge is -2.22. The molecule has 1 saturated carbocycles. The summed E-state index contributed by atoms with van der Waals surface area (Å²) in [7, 11) is 1.78. The standard InChI is InChI=1S/C20H27N3O2S/c1-15-21-18(14-26-15)12-23(2)20(24)22-17-8-6-7-16(11-17)13-25-19-9-4-3-5-10-19/h6-8,11,14,19H,3-5,9-10,12-13H2,1-2H3,(H,22,24). The lowest BCUT2D eigenvalue weighted by atomic mass is 9.98. The summed E-state index contributed by atoms with van der Waals surface area (Å²) in [5.74, 6) is 0. The zero-order valence-corrected chi connectivity index (χ0v) is 16.3. The zero-order valence-electron chi connectivity index (χ0n) is 15.5. The molecule has 0 saturated heterocycles. The fourth-order valence-electron chi connectivity index (χ4n) is 3.20. The second kappa shape index (κ2) is 9.14. The van der Waals surface area contributed by atoms with Crippen LogP contribution in [0.4, 0.5) is 10.5 Å². The molecule has 1 fully saturated rings. The van der Waals surface area contributed by atoms with Gasteiger partial charge in [-0.05, 0) is 37.5 Å². The van der Waals surface area contributed by atoms with E-state index in [1.165, 1.54) is 19.3 Å². The molecule has 6 heteroatoms. The third-order valence-electron chi connectivity index (χ3n) is 4.63. The lowest BCUT2D eigenvalue weighted by molar-refractivity contribution is 0.0169. The molecule has 3 rings (SSSR count). The fraction of sp³-hybridized carbons (Fsp3) is 0.500.